The third-order valence-corrected chi connectivity index (χ3v) is 11.6. The summed E-state index contributed by atoms with van der Waals surface area (Å²) in [5.74, 6) is 0.711. The predicted molar refractivity (Wildman–Crippen MR) is 238 cm³/mol. The zero-order valence-electron chi connectivity index (χ0n) is 32.0. The number of fused-ring (bicyclic) bond motifs is 3. The maximum atomic E-state index is 5.04. The van der Waals surface area contributed by atoms with Crippen molar-refractivity contribution in [1.29, 1.82) is 0 Å². The van der Waals surface area contributed by atoms with Crippen LogP contribution in [-0.2, 0) is 5.41 Å². The van der Waals surface area contributed by atoms with Crippen molar-refractivity contribution in [2.24, 2.45) is 0 Å². The minimum Gasteiger partial charge on any atom is -0.228 e. The monoisotopic (exact) mass is 728 g/mol. The minimum absolute atomic E-state index is 0.0930. The topological polar surface area (TPSA) is 25.8 Å². The van der Waals surface area contributed by atoms with Crippen LogP contribution in [0.3, 0.4) is 0 Å². The summed E-state index contributed by atoms with van der Waals surface area (Å²) >= 11 is 0. The Hall–Kier alpha value is -7.16. The van der Waals surface area contributed by atoms with Crippen LogP contribution in [0.4, 0.5) is 0 Å². The normalized spacial score (nSPS) is 12.5. The van der Waals surface area contributed by atoms with Crippen LogP contribution < -0.4 is 0 Å². The van der Waals surface area contributed by atoms with Gasteiger partial charge in [-0.05, 0) is 85.0 Å². The van der Waals surface area contributed by atoms with Gasteiger partial charge in [-0.3, -0.25) is 0 Å². The van der Waals surface area contributed by atoms with Gasteiger partial charge >= 0.3 is 0 Å². The summed E-state index contributed by atoms with van der Waals surface area (Å²) in [5, 5.41) is 0. The number of hydrogen-bond acceptors (Lipinski definition) is 2. The van der Waals surface area contributed by atoms with Crippen molar-refractivity contribution in [2.75, 3.05) is 0 Å². The zero-order chi connectivity index (χ0) is 38.3. The largest absolute Gasteiger partial charge is 0.228 e. The molecule has 0 unspecified atom stereocenters. The van der Waals surface area contributed by atoms with Gasteiger partial charge in [-0.2, -0.15) is 0 Å². The van der Waals surface area contributed by atoms with Gasteiger partial charge < -0.3 is 0 Å². The second-order valence-electron chi connectivity index (χ2n) is 15.4. The van der Waals surface area contributed by atoms with E-state index in [-0.39, 0.29) is 5.41 Å². The maximum Gasteiger partial charge on any atom is 0.160 e. The summed E-state index contributed by atoms with van der Waals surface area (Å²) in [4.78, 5) is 10.1. The molecule has 0 amide bonds. The predicted octanol–water partition coefficient (Wildman–Crippen LogP) is 14.5. The number of benzene rings is 8. The summed E-state index contributed by atoms with van der Waals surface area (Å²) in [7, 11) is 0. The Morgan fingerprint density at radius 1 is 0.281 bits per heavy atom. The molecule has 2 nitrogen and oxygen atoms in total. The second-order valence-corrected chi connectivity index (χ2v) is 15.4. The first-order valence-electron chi connectivity index (χ1n) is 19.6. The molecule has 1 aliphatic carbocycles. The molecule has 0 atom stereocenters. The van der Waals surface area contributed by atoms with Crippen LogP contribution >= 0.6 is 0 Å². The standard InChI is InChI=1S/C55H40N2/c1-55(2)50-21-13-12-20-46(50)49-34-47(41-28-22-38(23-29-41)37-14-6-3-7-15-37)48(35-51(49)55)42-30-24-39(25-31-42)40-26-32-45(33-27-40)54-56-52(43-16-8-4-9-17-43)36-53(57-54)44-18-10-5-11-19-44/h3-36H,1-2H3. The SMILES string of the molecule is CC1(C)c2ccccc2-c2cc(-c3ccc(-c4ccccc4)cc3)c(-c3ccc(-c4ccc(-c5nc(-c6ccccc6)cc(-c6ccccc6)n5)cc4)cc3)cc21. The molecule has 1 aliphatic rings. The fourth-order valence-electron chi connectivity index (χ4n) is 8.44. The van der Waals surface area contributed by atoms with Gasteiger partial charge in [-0.15, -0.1) is 0 Å². The Labute approximate surface area is 334 Å². The first-order valence-corrected chi connectivity index (χ1v) is 19.6. The Morgan fingerprint density at radius 3 is 1.18 bits per heavy atom. The van der Waals surface area contributed by atoms with Gasteiger partial charge in [0.2, 0.25) is 0 Å². The average molecular weight is 729 g/mol. The lowest BCUT2D eigenvalue weighted by Crippen LogP contribution is -2.15. The van der Waals surface area contributed by atoms with Crippen LogP contribution in [0.2, 0.25) is 0 Å². The first-order chi connectivity index (χ1) is 28.0. The van der Waals surface area contributed by atoms with Gasteiger partial charge in [0.25, 0.3) is 0 Å². The lowest BCUT2D eigenvalue weighted by atomic mass is 9.80. The molecule has 8 aromatic carbocycles. The van der Waals surface area contributed by atoms with E-state index in [1.807, 2.05) is 36.4 Å². The quantitative estimate of drug-likeness (QED) is 0.163. The molecule has 0 fully saturated rings. The van der Waals surface area contributed by atoms with E-state index in [4.69, 9.17) is 9.97 Å². The molecule has 0 N–H and O–H groups in total. The summed E-state index contributed by atoms with van der Waals surface area (Å²) in [6.07, 6.45) is 0. The van der Waals surface area contributed by atoms with Gasteiger partial charge in [-0.1, -0.05) is 202 Å². The Kier molecular flexibility index (Phi) is 8.53. The van der Waals surface area contributed by atoms with Crippen LogP contribution in [-0.4, -0.2) is 9.97 Å². The van der Waals surface area contributed by atoms with Crippen LogP contribution in [0, 0.1) is 0 Å². The molecule has 0 aliphatic heterocycles. The number of hydrogen-bond donors (Lipinski definition) is 0. The van der Waals surface area contributed by atoms with Crippen LogP contribution in [0.1, 0.15) is 25.0 Å². The molecule has 9 aromatic rings. The lowest BCUT2D eigenvalue weighted by molar-refractivity contribution is 0.660. The lowest BCUT2D eigenvalue weighted by Gasteiger charge is -2.23. The smallest absolute Gasteiger partial charge is 0.160 e. The van der Waals surface area contributed by atoms with E-state index in [2.05, 4.69) is 184 Å². The van der Waals surface area contributed by atoms with Gasteiger partial charge in [0, 0.05) is 22.1 Å². The number of rotatable bonds is 7. The molecule has 2 heteroatoms. The molecule has 0 saturated carbocycles. The molecule has 10 rings (SSSR count). The fourth-order valence-corrected chi connectivity index (χ4v) is 8.44. The number of nitrogens with zero attached hydrogens (tertiary/aromatic N) is 2. The van der Waals surface area contributed by atoms with E-state index in [0.29, 0.717) is 5.82 Å². The van der Waals surface area contributed by atoms with Crippen molar-refractivity contribution in [3.63, 3.8) is 0 Å². The molecule has 0 bridgehead atoms. The summed E-state index contributed by atoms with van der Waals surface area (Å²) in [6, 6.07) is 73.8. The zero-order valence-corrected chi connectivity index (χ0v) is 32.0. The van der Waals surface area contributed by atoms with E-state index < -0.39 is 0 Å². The highest BCUT2D eigenvalue weighted by Crippen LogP contribution is 2.52. The summed E-state index contributed by atoms with van der Waals surface area (Å²) in [5.41, 5.74) is 19.9. The van der Waals surface area contributed by atoms with Gasteiger partial charge in [0.1, 0.15) is 0 Å². The molecule has 1 heterocycles. The van der Waals surface area contributed by atoms with Crippen LogP contribution in [0.5, 0.6) is 0 Å². The van der Waals surface area contributed by atoms with E-state index in [9.17, 15) is 0 Å². The Balaban J connectivity index is 1.01. The highest BCUT2D eigenvalue weighted by Gasteiger charge is 2.36. The van der Waals surface area contributed by atoms with Crippen molar-refractivity contribution in [3.8, 4) is 89.5 Å². The third kappa shape index (κ3) is 6.36. The summed E-state index contributed by atoms with van der Waals surface area (Å²) < 4.78 is 0. The molecule has 0 saturated heterocycles. The van der Waals surface area contributed by atoms with Crippen LogP contribution in [0.25, 0.3) is 89.5 Å². The van der Waals surface area contributed by atoms with E-state index >= 15 is 0 Å². The average Bonchev–Trinajstić information content (AvgIpc) is 3.51. The Bertz CT molecular complexity index is 2800. The molecule has 0 spiro atoms. The molecular formula is C55H40N2. The van der Waals surface area contributed by atoms with Crippen molar-refractivity contribution in [2.45, 2.75) is 19.3 Å². The highest BCUT2D eigenvalue weighted by atomic mass is 14.9. The summed E-state index contributed by atoms with van der Waals surface area (Å²) in [6.45, 7) is 4.71. The van der Waals surface area contributed by atoms with Crippen molar-refractivity contribution < 1.29 is 0 Å². The van der Waals surface area contributed by atoms with E-state index in [1.165, 1.54) is 55.6 Å². The molecule has 57 heavy (non-hydrogen) atoms. The second kappa shape index (κ2) is 14.2. The first kappa shape index (κ1) is 34.3. The van der Waals surface area contributed by atoms with Gasteiger partial charge in [-0.25, -0.2) is 9.97 Å². The molecule has 1 aromatic heterocycles. The third-order valence-electron chi connectivity index (χ3n) is 11.6. The van der Waals surface area contributed by atoms with Crippen molar-refractivity contribution in [3.05, 3.63) is 217 Å². The van der Waals surface area contributed by atoms with Crippen LogP contribution in [0.15, 0.2) is 206 Å². The van der Waals surface area contributed by atoms with E-state index in [0.717, 1.165) is 39.2 Å². The van der Waals surface area contributed by atoms with E-state index in [1.54, 1.807) is 0 Å². The van der Waals surface area contributed by atoms with Crippen molar-refractivity contribution in [1.82, 2.24) is 9.97 Å². The molecule has 0 radical (unpaired) electrons. The maximum absolute atomic E-state index is 5.04. The van der Waals surface area contributed by atoms with Gasteiger partial charge in [0.05, 0.1) is 11.4 Å². The minimum atomic E-state index is -0.0930. The highest BCUT2D eigenvalue weighted by molar-refractivity contribution is 5.93. The number of aromatic nitrogens is 2. The molecular weight excluding hydrogens is 689 g/mol. The van der Waals surface area contributed by atoms with Gasteiger partial charge in [0.15, 0.2) is 5.82 Å². The molecule has 270 valence electrons. The van der Waals surface area contributed by atoms with Crippen molar-refractivity contribution >= 4 is 0 Å². The Morgan fingerprint density at radius 2 is 0.667 bits per heavy atom. The fraction of sp³-hybridized carbons (Fsp3) is 0.0545.